The highest BCUT2D eigenvalue weighted by Gasteiger charge is 2.18. The summed E-state index contributed by atoms with van der Waals surface area (Å²) in [6.45, 7) is 0. The van der Waals surface area contributed by atoms with Crippen LogP contribution in [0.4, 0.5) is 4.79 Å². The summed E-state index contributed by atoms with van der Waals surface area (Å²) >= 11 is 0. The van der Waals surface area contributed by atoms with E-state index in [0.717, 1.165) is 16.5 Å². The van der Waals surface area contributed by atoms with E-state index >= 15 is 0 Å². The Labute approximate surface area is 109 Å². The van der Waals surface area contributed by atoms with E-state index in [2.05, 4.69) is 4.98 Å². The maximum atomic E-state index is 11.6. The van der Waals surface area contributed by atoms with E-state index in [1.807, 2.05) is 24.3 Å². The van der Waals surface area contributed by atoms with Gasteiger partial charge in [-0.3, -0.25) is 4.79 Å². The minimum Gasteiger partial charge on any atom is -0.361 e. The number of carbonyl (C=O) groups excluding carboxylic acids is 2. The number of para-hydroxylation sites is 1. The van der Waals surface area contributed by atoms with E-state index in [0.29, 0.717) is 11.3 Å². The van der Waals surface area contributed by atoms with E-state index in [9.17, 15) is 9.59 Å². The van der Waals surface area contributed by atoms with Crippen molar-refractivity contribution in [3.63, 3.8) is 0 Å². The zero-order valence-corrected chi connectivity index (χ0v) is 9.96. The summed E-state index contributed by atoms with van der Waals surface area (Å²) in [6, 6.07) is 6.57. The average molecular weight is 255 g/mol. The molecule has 3 amide bonds. The summed E-state index contributed by atoms with van der Waals surface area (Å²) in [6.07, 6.45) is 4.79. The molecule has 0 aliphatic heterocycles. The van der Waals surface area contributed by atoms with Gasteiger partial charge in [-0.15, -0.1) is 0 Å². The summed E-state index contributed by atoms with van der Waals surface area (Å²) in [5.41, 5.74) is 6.78. The molecule has 6 heteroatoms. The number of nitrogens with two attached hydrogens (primary N) is 1. The summed E-state index contributed by atoms with van der Waals surface area (Å²) in [7, 11) is 0. The van der Waals surface area contributed by atoms with Crippen molar-refractivity contribution in [1.82, 2.24) is 9.88 Å². The molecule has 2 aromatic rings. The topological polar surface area (TPSA) is 103 Å². The highest BCUT2D eigenvalue weighted by molar-refractivity contribution is 6.00. The van der Waals surface area contributed by atoms with E-state index in [1.54, 1.807) is 6.20 Å². The molecular weight excluding hydrogens is 244 g/mol. The molecule has 1 radical (unpaired) electrons. The van der Waals surface area contributed by atoms with Gasteiger partial charge in [0, 0.05) is 17.1 Å². The zero-order chi connectivity index (χ0) is 13.8. The van der Waals surface area contributed by atoms with Gasteiger partial charge in [-0.25, -0.2) is 4.79 Å². The van der Waals surface area contributed by atoms with Gasteiger partial charge in [0.15, 0.2) is 6.19 Å². The molecule has 0 spiro atoms. The molecule has 0 aliphatic carbocycles. The van der Waals surface area contributed by atoms with E-state index in [-0.39, 0.29) is 0 Å². The standard InChI is InChI=1S/C13H11N4O2/c14-8-17(13(15)19)12(18)6-5-9-7-16-11-4-2-1-3-10(9)11/h1-4,6-7,16H,5H2,(H2,15,19). The second-order valence-corrected chi connectivity index (χ2v) is 3.88. The molecule has 0 fully saturated rings. The van der Waals surface area contributed by atoms with Crippen molar-refractivity contribution in [2.45, 2.75) is 6.42 Å². The number of nitrogens with one attached hydrogen (secondary N) is 1. The van der Waals surface area contributed by atoms with Gasteiger partial charge in [-0.2, -0.15) is 10.2 Å². The van der Waals surface area contributed by atoms with Gasteiger partial charge in [0.05, 0.1) is 6.42 Å². The molecule has 6 nitrogen and oxygen atoms in total. The van der Waals surface area contributed by atoms with Crippen LogP contribution >= 0.6 is 0 Å². The van der Waals surface area contributed by atoms with Crippen LogP contribution in [0.5, 0.6) is 0 Å². The molecule has 1 aromatic heterocycles. The number of hydrogen-bond acceptors (Lipinski definition) is 3. The Morgan fingerprint density at radius 2 is 2.16 bits per heavy atom. The lowest BCUT2D eigenvalue weighted by Gasteiger charge is -2.07. The molecule has 19 heavy (non-hydrogen) atoms. The normalized spacial score (nSPS) is 10.1. The number of rotatable bonds is 3. The average Bonchev–Trinajstić information content (AvgIpc) is 2.80. The van der Waals surface area contributed by atoms with Gasteiger partial charge >= 0.3 is 6.03 Å². The van der Waals surface area contributed by atoms with Crippen LogP contribution in [0.1, 0.15) is 5.56 Å². The fourth-order valence-corrected chi connectivity index (χ4v) is 1.80. The number of imide groups is 1. The van der Waals surface area contributed by atoms with Crippen molar-refractivity contribution < 1.29 is 9.59 Å². The maximum absolute atomic E-state index is 11.6. The van der Waals surface area contributed by atoms with Crippen LogP contribution in [-0.4, -0.2) is 21.8 Å². The molecule has 2 rings (SSSR count). The Morgan fingerprint density at radius 3 is 2.84 bits per heavy atom. The van der Waals surface area contributed by atoms with Crippen molar-refractivity contribution in [2.75, 3.05) is 0 Å². The Hall–Kier alpha value is -2.81. The van der Waals surface area contributed by atoms with Crippen LogP contribution in [0.25, 0.3) is 10.9 Å². The highest BCUT2D eigenvalue weighted by Crippen LogP contribution is 2.18. The van der Waals surface area contributed by atoms with Crippen LogP contribution < -0.4 is 5.73 Å². The molecule has 0 bridgehead atoms. The number of nitriles is 1. The van der Waals surface area contributed by atoms with Gasteiger partial charge in [0.25, 0.3) is 0 Å². The minimum absolute atomic E-state index is 0.314. The molecular formula is C13H11N4O2. The van der Waals surface area contributed by atoms with Gasteiger partial charge in [0.1, 0.15) is 0 Å². The first-order valence-corrected chi connectivity index (χ1v) is 5.55. The van der Waals surface area contributed by atoms with E-state index in [4.69, 9.17) is 11.0 Å². The second-order valence-electron chi connectivity index (χ2n) is 3.88. The van der Waals surface area contributed by atoms with Crippen LogP contribution in [0.3, 0.4) is 0 Å². The van der Waals surface area contributed by atoms with Gasteiger partial charge in [-0.1, -0.05) is 18.2 Å². The predicted molar refractivity (Wildman–Crippen MR) is 68.3 cm³/mol. The quantitative estimate of drug-likeness (QED) is 0.638. The Balaban J connectivity index is 2.09. The van der Waals surface area contributed by atoms with Crippen molar-refractivity contribution >= 4 is 22.8 Å². The third kappa shape index (κ3) is 2.55. The van der Waals surface area contributed by atoms with Crippen LogP contribution in [0.2, 0.25) is 0 Å². The number of benzene rings is 1. The predicted octanol–water partition coefficient (Wildman–Crippen LogP) is 1.30. The third-order valence-electron chi connectivity index (χ3n) is 2.71. The summed E-state index contributed by atoms with van der Waals surface area (Å²) in [4.78, 5) is 25.8. The minimum atomic E-state index is -1.08. The summed E-state index contributed by atoms with van der Waals surface area (Å²) in [5, 5.41) is 9.62. The van der Waals surface area contributed by atoms with E-state index < -0.39 is 11.9 Å². The van der Waals surface area contributed by atoms with Crippen LogP contribution in [0.15, 0.2) is 30.5 Å². The first-order chi connectivity index (χ1) is 9.13. The highest BCUT2D eigenvalue weighted by atomic mass is 16.2. The van der Waals surface area contributed by atoms with Crippen molar-refractivity contribution in [3.05, 3.63) is 42.4 Å². The fourth-order valence-electron chi connectivity index (χ4n) is 1.80. The number of aromatic nitrogens is 1. The second kappa shape index (κ2) is 5.23. The van der Waals surface area contributed by atoms with Gasteiger partial charge in [0.2, 0.25) is 5.91 Å². The van der Waals surface area contributed by atoms with E-state index in [1.165, 1.54) is 12.6 Å². The first kappa shape index (κ1) is 12.6. The maximum Gasteiger partial charge on any atom is 0.335 e. The number of hydrogen-bond donors (Lipinski definition) is 2. The number of H-pyrrole nitrogens is 1. The monoisotopic (exact) mass is 255 g/mol. The Kier molecular flexibility index (Phi) is 3.48. The Bertz CT molecular complexity index is 669. The number of carbonyl (C=O) groups is 2. The van der Waals surface area contributed by atoms with Gasteiger partial charge in [-0.05, 0) is 18.1 Å². The number of urea groups is 1. The molecule has 0 aliphatic rings. The number of amides is 3. The molecule has 95 valence electrons. The van der Waals surface area contributed by atoms with Crippen LogP contribution in [0, 0.1) is 17.9 Å². The number of fused-ring (bicyclic) bond motifs is 1. The molecule has 3 N–H and O–H groups in total. The fraction of sp³-hybridized carbons (Fsp3) is 0.0769. The van der Waals surface area contributed by atoms with Crippen molar-refractivity contribution in [2.24, 2.45) is 5.73 Å². The molecule has 0 unspecified atom stereocenters. The summed E-state index contributed by atoms with van der Waals surface area (Å²) < 4.78 is 0. The lowest BCUT2D eigenvalue weighted by Crippen LogP contribution is -2.37. The van der Waals surface area contributed by atoms with Gasteiger partial charge < -0.3 is 10.7 Å². The lowest BCUT2D eigenvalue weighted by molar-refractivity contribution is -0.122. The van der Waals surface area contributed by atoms with Crippen molar-refractivity contribution in [1.29, 1.82) is 5.26 Å². The zero-order valence-electron chi connectivity index (χ0n) is 9.96. The largest absolute Gasteiger partial charge is 0.361 e. The lowest BCUT2D eigenvalue weighted by atomic mass is 10.1. The van der Waals surface area contributed by atoms with Crippen LogP contribution in [-0.2, 0) is 11.2 Å². The molecule has 1 heterocycles. The third-order valence-corrected chi connectivity index (χ3v) is 2.71. The first-order valence-electron chi connectivity index (χ1n) is 5.55. The smallest absolute Gasteiger partial charge is 0.335 e. The van der Waals surface area contributed by atoms with Crippen molar-refractivity contribution in [3.8, 4) is 6.19 Å². The Morgan fingerprint density at radius 1 is 1.42 bits per heavy atom. The molecule has 0 atom stereocenters. The number of aromatic amines is 1. The molecule has 0 saturated carbocycles. The SMILES string of the molecule is N#CN(C(N)=O)C(=O)[CH]Cc1c[nH]c2ccccc12. The number of nitrogens with zero attached hydrogens (tertiary/aromatic N) is 2. The molecule has 1 aromatic carbocycles. The molecule has 0 saturated heterocycles. The number of primary amides is 1. The summed E-state index contributed by atoms with van der Waals surface area (Å²) in [5.74, 6) is -0.722.